The molecule has 30 heavy (non-hydrogen) atoms. The van der Waals surface area contributed by atoms with E-state index in [4.69, 9.17) is 9.84 Å². The van der Waals surface area contributed by atoms with E-state index in [1.807, 2.05) is 9.80 Å². The molecule has 3 rings (SSSR count). The maximum atomic E-state index is 12.9. The molecule has 160 valence electrons. The van der Waals surface area contributed by atoms with E-state index in [9.17, 15) is 9.59 Å². The maximum Gasteiger partial charge on any atom is 0.320 e. The summed E-state index contributed by atoms with van der Waals surface area (Å²) >= 11 is 0. The second kappa shape index (κ2) is 10.1. The molecule has 2 aromatic rings. The molecule has 6 heteroatoms. The predicted octanol–water partition coefficient (Wildman–Crippen LogP) is 4.11. The fraction of sp³-hybridized carbons (Fsp3) is 0.417. The van der Waals surface area contributed by atoms with Crippen molar-refractivity contribution in [3.05, 3.63) is 65.2 Å². The Morgan fingerprint density at radius 3 is 2.40 bits per heavy atom. The second-order valence-corrected chi connectivity index (χ2v) is 7.85. The van der Waals surface area contributed by atoms with Crippen LogP contribution in [-0.4, -0.2) is 52.6 Å². The summed E-state index contributed by atoms with van der Waals surface area (Å²) in [5.74, 6) is -0.132. The Labute approximate surface area is 178 Å². The number of carboxylic acids is 1. The van der Waals surface area contributed by atoms with Gasteiger partial charge in [0.15, 0.2) is 0 Å². The van der Waals surface area contributed by atoms with Gasteiger partial charge in [-0.1, -0.05) is 48.9 Å². The molecular formula is C24H30N2O4. The highest BCUT2D eigenvalue weighted by Gasteiger charge is 2.36. The van der Waals surface area contributed by atoms with Gasteiger partial charge in [-0.05, 0) is 36.6 Å². The second-order valence-electron chi connectivity index (χ2n) is 7.85. The van der Waals surface area contributed by atoms with E-state index in [0.29, 0.717) is 25.4 Å². The number of carboxylic acid groups (broad SMARTS) is 1. The third-order valence-corrected chi connectivity index (χ3v) is 5.35. The summed E-state index contributed by atoms with van der Waals surface area (Å²) in [6.07, 6.45) is 1.69. The molecule has 0 aromatic heterocycles. The third-order valence-electron chi connectivity index (χ3n) is 5.35. The van der Waals surface area contributed by atoms with Gasteiger partial charge in [0.05, 0.1) is 19.1 Å². The van der Waals surface area contributed by atoms with E-state index in [1.54, 1.807) is 24.3 Å². The highest BCUT2D eigenvalue weighted by molar-refractivity contribution is 5.77. The molecule has 1 saturated heterocycles. The molecule has 1 unspecified atom stereocenters. The van der Waals surface area contributed by atoms with E-state index in [0.717, 1.165) is 30.5 Å². The number of benzene rings is 2. The molecule has 0 saturated carbocycles. The molecule has 1 aliphatic rings. The average molecular weight is 411 g/mol. The van der Waals surface area contributed by atoms with E-state index in [2.05, 4.69) is 38.1 Å². The van der Waals surface area contributed by atoms with Gasteiger partial charge in [0.1, 0.15) is 5.75 Å². The summed E-state index contributed by atoms with van der Waals surface area (Å²) in [6.45, 7) is 6.73. The highest BCUT2D eigenvalue weighted by atomic mass is 16.5. The Morgan fingerprint density at radius 2 is 1.77 bits per heavy atom. The van der Waals surface area contributed by atoms with Crippen LogP contribution in [0.5, 0.6) is 5.75 Å². The third kappa shape index (κ3) is 5.75. The first-order chi connectivity index (χ1) is 14.5. The number of ether oxygens (including phenoxy) is 1. The number of amides is 2. The van der Waals surface area contributed by atoms with Crippen LogP contribution in [0.3, 0.4) is 0 Å². The average Bonchev–Trinajstić information content (AvgIpc) is 3.00. The monoisotopic (exact) mass is 410 g/mol. The molecule has 0 radical (unpaired) electrons. The van der Waals surface area contributed by atoms with Crippen molar-refractivity contribution in [2.45, 2.75) is 45.7 Å². The van der Waals surface area contributed by atoms with Crippen LogP contribution in [0.1, 0.15) is 36.5 Å². The topological polar surface area (TPSA) is 70.1 Å². The molecule has 1 heterocycles. The van der Waals surface area contributed by atoms with E-state index >= 15 is 0 Å². The van der Waals surface area contributed by atoms with Gasteiger partial charge in [-0.25, -0.2) is 4.79 Å². The molecular weight excluding hydrogens is 380 g/mol. The molecule has 1 fully saturated rings. The number of rotatable bonds is 10. The number of carbonyl (C=O) groups excluding carboxylic acids is 1. The Bertz CT molecular complexity index is 849. The van der Waals surface area contributed by atoms with Crippen molar-refractivity contribution in [1.82, 2.24) is 9.80 Å². The Morgan fingerprint density at radius 1 is 1.10 bits per heavy atom. The minimum absolute atomic E-state index is 0.00720. The van der Waals surface area contributed by atoms with Crippen molar-refractivity contribution < 1.29 is 19.4 Å². The lowest BCUT2D eigenvalue weighted by atomic mass is 10.1. The standard InChI is InChI=1S/C24H30N2O4/c1-3-13-26-21(12-14-30-22-10-8-19(9-11-22)15-23(27)28)17-25(24(26)29)16-20-6-4-18(2)5-7-20/h4-11,21H,3,12-17H2,1-2H3,(H,27,28). The molecule has 1 atom stereocenters. The number of hydrogen-bond donors (Lipinski definition) is 1. The molecule has 1 N–H and O–H groups in total. The quantitative estimate of drug-likeness (QED) is 0.640. The Hall–Kier alpha value is -3.02. The van der Waals surface area contributed by atoms with Gasteiger partial charge in [-0.2, -0.15) is 0 Å². The lowest BCUT2D eigenvalue weighted by Crippen LogP contribution is -2.36. The smallest absolute Gasteiger partial charge is 0.320 e. The zero-order valence-electron chi connectivity index (χ0n) is 17.7. The van der Waals surface area contributed by atoms with Gasteiger partial charge in [0.25, 0.3) is 0 Å². The number of nitrogens with zero attached hydrogens (tertiary/aromatic N) is 2. The van der Waals surface area contributed by atoms with Gasteiger partial charge in [0, 0.05) is 26.1 Å². The Kier molecular flexibility index (Phi) is 7.33. The Balaban J connectivity index is 1.55. The number of hydrogen-bond acceptors (Lipinski definition) is 3. The van der Waals surface area contributed by atoms with E-state index in [-0.39, 0.29) is 18.5 Å². The molecule has 2 aromatic carbocycles. The van der Waals surface area contributed by atoms with Crippen molar-refractivity contribution >= 4 is 12.0 Å². The molecule has 0 spiro atoms. The number of aliphatic carboxylic acids is 1. The summed E-state index contributed by atoms with van der Waals surface area (Å²) in [7, 11) is 0. The maximum absolute atomic E-state index is 12.9. The zero-order chi connectivity index (χ0) is 21.5. The first-order valence-corrected chi connectivity index (χ1v) is 10.5. The van der Waals surface area contributed by atoms with Gasteiger partial charge < -0.3 is 19.6 Å². The predicted molar refractivity (Wildman–Crippen MR) is 116 cm³/mol. The van der Waals surface area contributed by atoms with Crippen molar-refractivity contribution in [1.29, 1.82) is 0 Å². The van der Waals surface area contributed by atoms with Crippen LogP contribution in [0.4, 0.5) is 4.79 Å². The highest BCUT2D eigenvalue weighted by Crippen LogP contribution is 2.22. The van der Waals surface area contributed by atoms with Crippen molar-refractivity contribution in [3.63, 3.8) is 0 Å². The molecule has 0 bridgehead atoms. The summed E-state index contributed by atoms with van der Waals surface area (Å²) in [5.41, 5.74) is 3.10. The van der Waals surface area contributed by atoms with Crippen LogP contribution in [0, 0.1) is 6.92 Å². The van der Waals surface area contributed by atoms with E-state index in [1.165, 1.54) is 5.56 Å². The lowest BCUT2D eigenvalue weighted by molar-refractivity contribution is -0.136. The summed E-state index contributed by atoms with van der Waals surface area (Å²) < 4.78 is 5.85. The van der Waals surface area contributed by atoms with Crippen molar-refractivity contribution in [2.75, 3.05) is 19.7 Å². The summed E-state index contributed by atoms with van der Waals surface area (Å²) in [4.78, 5) is 27.6. The largest absolute Gasteiger partial charge is 0.494 e. The van der Waals surface area contributed by atoms with E-state index < -0.39 is 5.97 Å². The molecule has 1 aliphatic heterocycles. The van der Waals surface area contributed by atoms with Gasteiger partial charge >= 0.3 is 12.0 Å². The minimum atomic E-state index is -0.847. The number of urea groups is 1. The fourth-order valence-corrected chi connectivity index (χ4v) is 3.77. The normalized spacial score (nSPS) is 16.2. The van der Waals surface area contributed by atoms with Crippen LogP contribution in [0.15, 0.2) is 48.5 Å². The van der Waals surface area contributed by atoms with Crippen LogP contribution < -0.4 is 4.74 Å². The lowest BCUT2D eigenvalue weighted by Gasteiger charge is -2.22. The first-order valence-electron chi connectivity index (χ1n) is 10.5. The van der Waals surface area contributed by atoms with Crippen LogP contribution in [0.25, 0.3) is 0 Å². The van der Waals surface area contributed by atoms with Gasteiger partial charge in [-0.15, -0.1) is 0 Å². The van der Waals surface area contributed by atoms with Crippen LogP contribution in [-0.2, 0) is 17.8 Å². The van der Waals surface area contributed by atoms with Crippen LogP contribution in [0.2, 0.25) is 0 Å². The minimum Gasteiger partial charge on any atom is -0.494 e. The molecule has 2 amide bonds. The number of aryl methyl sites for hydroxylation is 1. The van der Waals surface area contributed by atoms with Gasteiger partial charge in [0.2, 0.25) is 0 Å². The summed E-state index contributed by atoms with van der Waals surface area (Å²) in [5, 5.41) is 8.85. The van der Waals surface area contributed by atoms with Crippen LogP contribution >= 0.6 is 0 Å². The fourth-order valence-electron chi connectivity index (χ4n) is 3.77. The zero-order valence-corrected chi connectivity index (χ0v) is 17.7. The van der Waals surface area contributed by atoms with Crippen molar-refractivity contribution in [2.24, 2.45) is 0 Å². The SMILES string of the molecule is CCCN1C(=O)N(Cc2ccc(C)cc2)CC1CCOc1ccc(CC(=O)O)cc1. The van der Waals surface area contributed by atoms with Crippen molar-refractivity contribution in [3.8, 4) is 5.75 Å². The summed E-state index contributed by atoms with van der Waals surface area (Å²) in [6, 6.07) is 15.7. The molecule has 0 aliphatic carbocycles. The molecule has 6 nitrogen and oxygen atoms in total. The first kappa shape index (κ1) is 21.7. The number of carbonyl (C=O) groups is 2. The van der Waals surface area contributed by atoms with Gasteiger partial charge in [-0.3, -0.25) is 4.79 Å².